The lowest BCUT2D eigenvalue weighted by Gasteiger charge is -2.37. The maximum atomic E-state index is 5.75. The molecule has 0 fully saturated rings. The standard InChI is InChI=1S/C16H26O5/c1-6-11-21-15(20-10-5)16(12-17-7-2,13-18-8-3)14-19-9-4/h7-10,15H,2-6,11-14H2,1H3. The highest BCUT2D eigenvalue weighted by Crippen LogP contribution is 2.29. The molecular formula is C16H26O5. The Labute approximate surface area is 127 Å². The van der Waals surface area contributed by atoms with Gasteiger partial charge >= 0.3 is 0 Å². The van der Waals surface area contributed by atoms with E-state index in [1.54, 1.807) is 0 Å². The average molecular weight is 298 g/mol. The Morgan fingerprint density at radius 2 is 1.33 bits per heavy atom. The third-order valence-electron chi connectivity index (χ3n) is 2.66. The van der Waals surface area contributed by atoms with Crippen LogP contribution in [0.1, 0.15) is 13.3 Å². The van der Waals surface area contributed by atoms with Crippen molar-refractivity contribution in [1.29, 1.82) is 0 Å². The third kappa shape index (κ3) is 6.90. The Hall–Kier alpha value is -1.88. The first kappa shape index (κ1) is 19.1. The predicted octanol–water partition coefficient (Wildman–Crippen LogP) is 3.37. The van der Waals surface area contributed by atoms with Crippen molar-refractivity contribution < 1.29 is 23.7 Å². The molecule has 0 rings (SSSR count). The Morgan fingerprint density at radius 1 is 0.857 bits per heavy atom. The Morgan fingerprint density at radius 3 is 1.67 bits per heavy atom. The van der Waals surface area contributed by atoms with E-state index in [9.17, 15) is 0 Å². The SMILES string of the molecule is C=COCC(COC=C)(COC=C)C(OC=C)OCCC. The van der Waals surface area contributed by atoms with Crippen molar-refractivity contribution in [3.8, 4) is 0 Å². The van der Waals surface area contributed by atoms with E-state index in [0.29, 0.717) is 6.61 Å². The molecule has 0 heterocycles. The van der Waals surface area contributed by atoms with Crippen molar-refractivity contribution in [3.05, 3.63) is 51.4 Å². The van der Waals surface area contributed by atoms with Crippen molar-refractivity contribution in [3.63, 3.8) is 0 Å². The summed E-state index contributed by atoms with van der Waals surface area (Å²) < 4.78 is 27.3. The minimum atomic E-state index is -0.722. The predicted molar refractivity (Wildman–Crippen MR) is 82.2 cm³/mol. The van der Waals surface area contributed by atoms with Crippen LogP contribution in [0.5, 0.6) is 0 Å². The topological polar surface area (TPSA) is 46.2 Å². The lowest BCUT2D eigenvalue weighted by Crippen LogP contribution is -2.48. The molecule has 120 valence electrons. The van der Waals surface area contributed by atoms with Gasteiger partial charge in [0.1, 0.15) is 25.2 Å². The third-order valence-corrected chi connectivity index (χ3v) is 2.66. The van der Waals surface area contributed by atoms with Crippen LogP contribution in [0, 0.1) is 5.41 Å². The molecular weight excluding hydrogens is 272 g/mol. The van der Waals surface area contributed by atoms with Crippen LogP contribution < -0.4 is 0 Å². The van der Waals surface area contributed by atoms with Gasteiger partial charge in [-0.15, -0.1) is 0 Å². The van der Waals surface area contributed by atoms with Crippen LogP contribution in [-0.4, -0.2) is 32.7 Å². The molecule has 0 saturated heterocycles. The summed E-state index contributed by atoms with van der Waals surface area (Å²) in [6, 6.07) is 0. The summed E-state index contributed by atoms with van der Waals surface area (Å²) in [7, 11) is 0. The molecule has 0 aromatic carbocycles. The van der Waals surface area contributed by atoms with Crippen molar-refractivity contribution >= 4 is 0 Å². The summed E-state index contributed by atoms with van der Waals surface area (Å²) in [5.41, 5.74) is -0.722. The maximum absolute atomic E-state index is 5.75. The molecule has 0 aliphatic carbocycles. The minimum absolute atomic E-state index is 0.237. The van der Waals surface area contributed by atoms with Crippen LogP contribution in [0.3, 0.4) is 0 Å². The molecule has 0 N–H and O–H groups in total. The summed E-state index contributed by atoms with van der Waals surface area (Å²) in [5, 5.41) is 0. The number of rotatable bonds is 15. The van der Waals surface area contributed by atoms with Gasteiger partial charge in [-0.25, -0.2) is 0 Å². The lowest BCUT2D eigenvalue weighted by molar-refractivity contribution is -0.216. The van der Waals surface area contributed by atoms with Crippen LogP contribution in [0.15, 0.2) is 51.4 Å². The number of hydrogen-bond donors (Lipinski definition) is 0. The lowest BCUT2D eigenvalue weighted by atomic mass is 9.89. The van der Waals surface area contributed by atoms with Crippen LogP contribution >= 0.6 is 0 Å². The fourth-order valence-corrected chi connectivity index (χ4v) is 1.68. The molecule has 0 aromatic rings. The molecule has 21 heavy (non-hydrogen) atoms. The van der Waals surface area contributed by atoms with Crippen LogP contribution in [0.4, 0.5) is 0 Å². The van der Waals surface area contributed by atoms with Crippen molar-refractivity contribution in [2.75, 3.05) is 26.4 Å². The summed E-state index contributed by atoms with van der Waals surface area (Å²) in [4.78, 5) is 0. The Bertz CT molecular complexity index is 283. The molecule has 1 unspecified atom stereocenters. The first-order chi connectivity index (χ1) is 10.2. The molecule has 0 bridgehead atoms. The van der Waals surface area contributed by atoms with Crippen molar-refractivity contribution in [1.82, 2.24) is 0 Å². The Kier molecular flexibility index (Phi) is 10.8. The van der Waals surface area contributed by atoms with Crippen LogP contribution in [-0.2, 0) is 23.7 Å². The second-order valence-corrected chi connectivity index (χ2v) is 4.30. The van der Waals surface area contributed by atoms with E-state index in [0.717, 1.165) is 6.42 Å². The van der Waals surface area contributed by atoms with E-state index in [1.807, 2.05) is 6.92 Å². The largest absolute Gasteiger partial charge is 0.501 e. The van der Waals surface area contributed by atoms with Crippen molar-refractivity contribution in [2.24, 2.45) is 5.41 Å². The van der Waals surface area contributed by atoms with E-state index in [4.69, 9.17) is 23.7 Å². The highest BCUT2D eigenvalue weighted by Gasteiger charge is 2.44. The van der Waals surface area contributed by atoms with Gasteiger partial charge in [0.15, 0.2) is 0 Å². The zero-order valence-corrected chi connectivity index (χ0v) is 12.8. The molecule has 5 nitrogen and oxygen atoms in total. The molecule has 0 radical (unpaired) electrons. The van der Waals surface area contributed by atoms with Gasteiger partial charge in [-0.3, -0.25) is 0 Å². The second-order valence-electron chi connectivity index (χ2n) is 4.30. The second kappa shape index (κ2) is 11.9. The minimum Gasteiger partial charge on any atom is -0.501 e. The van der Waals surface area contributed by atoms with Crippen LogP contribution in [0.25, 0.3) is 0 Å². The number of hydrogen-bond acceptors (Lipinski definition) is 5. The monoisotopic (exact) mass is 298 g/mol. The quantitative estimate of drug-likeness (QED) is 0.343. The molecule has 0 saturated carbocycles. The van der Waals surface area contributed by atoms with E-state index in [1.165, 1.54) is 25.0 Å². The van der Waals surface area contributed by atoms with Gasteiger partial charge < -0.3 is 23.7 Å². The molecule has 0 amide bonds. The van der Waals surface area contributed by atoms with Gasteiger partial charge in [0.25, 0.3) is 0 Å². The smallest absolute Gasteiger partial charge is 0.214 e. The fraction of sp³-hybridized carbons (Fsp3) is 0.500. The van der Waals surface area contributed by atoms with Crippen LogP contribution in [0.2, 0.25) is 0 Å². The van der Waals surface area contributed by atoms with Gasteiger partial charge in [-0.2, -0.15) is 0 Å². The van der Waals surface area contributed by atoms with Gasteiger partial charge in [0, 0.05) is 0 Å². The summed E-state index contributed by atoms with van der Waals surface area (Å²) >= 11 is 0. The highest BCUT2D eigenvalue weighted by molar-refractivity contribution is 4.86. The number of ether oxygens (including phenoxy) is 5. The van der Waals surface area contributed by atoms with Gasteiger partial charge in [0.05, 0.1) is 31.7 Å². The fourth-order valence-electron chi connectivity index (χ4n) is 1.68. The molecule has 0 aliphatic heterocycles. The first-order valence-electron chi connectivity index (χ1n) is 6.76. The summed E-state index contributed by atoms with van der Waals surface area (Å²) in [6.07, 6.45) is 5.57. The average Bonchev–Trinajstić information content (AvgIpc) is 2.51. The summed E-state index contributed by atoms with van der Waals surface area (Å²) in [6.45, 7) is 17.5. The van der Waals surface area contributed by atoms with E-state index < -0.39 is 11.7 Å². The zero-order chi connectivity index (χ0) is 16.0. The zero-order valence-electron chi connectivity index (χ0n) is 12.8. The maximum Gasteiger partial charge on any atom is 0.214 e. The normalized spacial score (nSPS) is 11.9. The van der Waals surface area contributed by atoms with Gasteiger partial charge in [0.2, 0.25) is 6.29 Å². The molecule has 1 atom stereocenters. The van der Waals surface area contributed by atoms with Gasteiger partial charge in [-0.1, -0.05) is 33.2 Å². The van der Waals surface area contributed by atoms with E-state index in [2.05, 4.69) is 26.3 Å². The summed E-state index contributed by atoms with van der Waals surface area (Å²) in [5.74, 6) is 0. The highest BCUT2D eigenvalue weighted by atomic mass is 16.7. The molecule has 0 aliphatic rings. The first-order valence-corrected chi connectivity index (χ1v) is 6.76. The Balaban J connectivity index is 5.25. The van der Waals surface area contributed by atoms with E-state index in [-0.39, 0.29) is 19.8 Å². The molecule has 0 aromatic heterocycles. The van der Waals surface area contributed by atoms with E-state index >= 15 is 0 Å². The molecule has 5 heteroatoms. The molecule has 0 spiro atoms. The van der Waals surface area contributed by atoms with Gasteiger partial charge in [-0.05, 0) is 6.42 Å². The van der Waals surface area contributed by atoms with Crippen molar-refractivity contribution in [2.45, 2.75) is 19.6 Å².